The summed E-state index contributed by atoms with van der Waals surface area (Å²) in [5, 5.41) is 8.43. The fraction of sp³-hybridized carbons (Fsp3) is 0.176. The summed E-state index contributed by atoms with van der Waals surface area (Å²) in [4.78, 5) is 25.4. The summed E-state index contributed by atoms with van der Waals surface area (Å²) in [5.41, 5.74) is 4.31. The minimum atomic E-state index is -0.296. The number of anilines is 3. The van der Waals surface area contributed by atoms with Gasteiger partial charge in [-0.2, -0.15) is 0 Å². The lowest BCUT2D eigenvalue weighted by atomic mass is 10.2. The number of carbonyl (C=O) groups excluding carboxylic acids is 1. The summed E-state index contributed by atoms with van der Waals surface area (Å²) in [6.45, 7) is 5.65. The van der Waals surface area contributed by atoms with E-state index >= 15 is 0 Å². The Kier molecular flexibility index (Phi) is 4.52. The maximum Gasteiger partial charge on any atom is 0.278 e. The molecule has 3 aromatic heterocycles. The summed E-state index contributed by atoms with van der Waals surface area (Å²) in [7, 11) is 0. The van der Waals surface area contributed by atoms with Crippen molar-refractivity contribution in [3.8, 4) is 0 Å². The van der Waals surface area contributed by atoms with Crippen LogP contribution in [0.15, 0.2) is 35.8 Å². The SMILES string of the molecule is Cc1ccc(Nc2ccc(C)nc2C(=O)Nc2nc(C)cs2)cn1. The van der Waals surface area contributed by atoms with Gasteiger partial charge in [-0.25, -0.2) is 9.97 Å². The second kappa shape index (κ2) is 6.76. The van der Waals surface area contributed by atoms with Gasteiger partial charge in [-0.05, 0) is 45.0 Å². The fourth-order valence-corrected chi connectivity index (χ4v) is 2.78. The number of thiazole rings is 1. The molecule has 0 saturated carbocycles. The average molecular weight is 339 g/mol. The summed E-state index contributed by atoms with van der Waals surface area (Å²) in [5.74, 6) is -0.296. The quantitative estimate of drug-likeness (QED) is 0.754. The topological polar surface area (TPSA) is 79.8 Å². The van der Waals surface area contributed by atoms with Crippen LogP contribution in [0.1, 0.15) is 27.6 Å². The van der Waals surface area contributed by atoms with Crippen LogP contribution in [0.4, 0.5) is 16.5 Å². The number of carbonyl (C=O) groups is 1. The third-order valence-corrected chi connectivity index (χ3v) is 4.15. The first-order chi connectivity index (χ1) is 11.5. The Morgan fingerprint density at radius 3 is 2.46 bits per heavy atom. The smallest absolute Gasteiger partial charge is 0.278 e. The summed E-state index contributed by atoms with van der Waals surface area (Å²) >= 11 is 1.39. The van der Waals surface area contributed by atoms with E-state index in [-0.39, 0.29) is 5.91 Å². The van der Waals surface area contributed by atoms with E-state index in [1.54, 1.807) is 6.20 Å². The molecule has 0 saturated heterocycles. The second-order valence-electron chi connectivity index (χ2n) is 5.41. The third kappa shape index (κ3) is 3.75. The van der Waals surface area contributed by atoms with Gasteiger partial charge < -0.3 is 5.32 Å². The zero-order valence-electron chi connectivity index (χ0n) is 13.6. The van der Waals surface area contributed by atoms with Gasteiger partial charge in [0.25, 0.3) is 5.91 Å². The molecule has 0 unspecified atom stereocenters. The van der Waals surface area contributed by atoms with Gasteiger partial charge in [-0.1, -0.05) is 0 Å². The maximum atomic E-state index is 12.6. The van der Waals surface area contributed by atoms with Crippen molar-refractivity contribution in [2.24, 2.45) is 0 Å². The van der Waals surface area contributed by atoms with Gasteiger partial charge in [0.15, 0.2) is 10.8 Å². The van der Waals surface area contributed by atoms with Crippen LogP contribution in [0.2, 0.25) is 0 Å². The van der Waals surface area contributed by atoms with Crippen LogP contribution in [0.5, 0.6) is 0 Å². The van der Waals surface area contributed by atoms with E-state index in [9.17, 15) is 4.79 Å². The molecule has 122 valence electrons. The molecule has 0 fully saturated rings. The molecule has 24 heavy (non-hydrogen) atoms. The van der Waals surface area contributed by atoms with Gasteiger partial charge in [0.2, 0.25) is 0 Å². The molecule has 0 aliphatic rings. The number of hydrogen-bond acceptors (Lipinski definition) is 6. The minimum Gasteiger partial charge on any atom is -0.352 e. The Bertz CT molecular complexity index is 873. The van der Waals surface area contributed by atoms with E-state index in [0.717, 1.165) is 22.8 Å². The van der Waals surface area contributed by atoms with E-state index in [1.165, 1.54) is 11.3 Å². The van der Waals surface area contributed by atoms with Crippen molar-refractivity contribution in [3.63, 3.8) is 0 Å². The van der Waals surface area contributed by atoms with Gasteiger partial charge in [-0.3, -0.25) is 15.1 Å². The van der Waals surface area contributed by atoms with E-state index in [2.05, 4.69) is 25.6 Å². The lowest BCUT2D eigenvalue weighted by Gasteiger charge is -2.11. The highest BCUT2D eigenvalue weighted by Crippen LogP contribution is 2.22. The van der Waals surface area contributed by atoms with Crippen LogP contribution in [-0.2, 0) is 0 Å². The van der Waals surface area contributed by atoms with E-state index < -0.39 is 0 Å². The van der Waals surface area contributed by atoms with Crippen molar-refractivity contribution in [3.05, 3.63) is 58.6 Å². The highest BCUT2D eigenvalue weighted by molar-refractivity contribution is 7.13. The van der Waals surface area contributed by atoms with Crippen molar-refractivity contribution in [2.45, 2.75) is 20.8 Å². The first-order valence-corrected chi connectivity index (χ1v) is 8.30. The molecular weight excluding hydrogens is 322 g/mol. The molecule has 0 aliphatic carbocycles. The molecule has 2 N–H and O–H groups in total. The zero-order chi connectivity index (χ0) is 17.1. The molecular formula is C17H17N5OS. The Balaban J connectivity index is 1.87. The number of rotatable bonds is 4. The predicted octanol–water partition coefficient (Wildman–Crippen LogP) is 3.85. The van der Waals surface area contributed by atoms with E-state index in [4.69, 9.17) is 0 Å². The summed E-state index contributed by atoms with van der Waals surface area (Å²) in [6, 6.07) is 7.51. The first-order valence-electron chi connectivity index (χ1n) is 7.42. The van der Waals surface area contributed by atoms with Crippen molar-refractivity contribution < 1.29 is 4.79 Å². The number of nitrogens with zero attached hydrogens (tertiary/aromatic N) is 3. The number of hydrogen-bond donors (Lipinski definition) is 2. The van der Waals surface area contributed by atoms with Crippen molar-refractivity contribution in [2.75, 3.05) is 10.6 Å². The molecule has 7 heteroatoms. The van der Waals surface area contributed by atoms with Crippen LogP contribution >= 0.6 is 11.3 Å². The Morgan fingerprint density at radius 1 is 1.00 bits per heavy atom. The van der Waals surface area contributed by atoms with Crippen LogP contribution in [0.3, 0.4) is 0 Å². The molecule has 1 amide bonds. The van der Waals surface area contributed by atoms with E-state index in [0.29, 0.717) is 16.5 Å². The standard InChI is InChI=1S/C17H17N5OS/c1-10-4-6-13(8-18-10)21-14-7-5-11(2)19-15(14)16(23)22-17-20-12(3)9-24-17/h4-9,21H,1-3H3,(H,20,22,23). The molecule has 0 spiro atoms. The van der Waals surface area contributed by atoms with Gasteiger partial charge >= 0.3 is 0 Å². The van der Waals surface area contributed by atoms with Crippen LogP contribution in [0, 0.1) is 20.8 Å². The Labute approximate surface area is 144 Å². The van der Waals surface area contributed by atoms with Gasteiger partial charge in [0.05, 0.1) is 23.3 Å². The predicted molar refractivity (Wildman–Crippen MR) is 96.0 cm³/mol. The normalized spacial score (nSPS) is 10.5. The Morgan fingerprint density at radius 2 is 1.79 bits per heavy atom. The minimum absolute atomic E-state index is 0.296. The second-order valence-corrected chi connectivity index (χ2v) is 6.27. The van der Waals surface area contributed by atoms with Crippen molar-refractivity contribution in [1.82, 2.24) is 15.0 Å². The van der Waals surface area contributed by atoms with Crippen LogP contribution in [0.25, 0.3) is 0 Å². The van der Waals surface area contributed by atoms with Gasteiger partial charge in [-0.15, -0.1) is 11.3 Å². The fourth-order valence-electron chi connectivity index (χ4n) is 2.10. The molecule has 3 aromatic rings. The molecule has 0 aromatic carbocycles. The van der Waals surface area contributed by atoms with Gasteiger partial charge in [0, 0.05) is 16.8 Å². The molecule has 0 bridgehead atoms. The summed E-state index contributed by atoms with van der Waals surface area (Å²) < 4.78 is 0. The molecule has 3 rings (SSSR count). The van der Waals surface area contributed by atoms with Gasteiger partial charge in [0.1, 0.15) is 0 Å². The largest absolute Gasteiger partial charge is 0.352 e. The lowest BCUT2D eigenvalue weighted by molar-refractivity contribution is 0.102. The molecule has 6 nitrogen and oxygen atoms in total. The molecule has 0 radical (unpaired) electrons. The zero-order valence-corrected chi connectivity index (χ0v) is 14.4. The maximum absolute atomic E-state index is 12.6. The first kappa shape index (κ1) is 16.1. The highest BCUT2D eigenvalue weighted by atomic mass is 32.1. The van der Waals surface area contributed by atoms with Crippen LogP contribution < -0.4 is 10.6 Å². The van der Waals surface area contributed by atoms with E-state index in [1.807, 2.05) is 50.4 Å². The summed E-state index contributed by atoms with van der Waals surface area (Å²) in [6.07, 6.45) is 1.72. The molecule has 0 aliphatic heterocycles. The number of nitrogens with one attached hydrogen (secondary N) is 2. The Hall–Kier alpha value is -2.80. The van der Waals surface area contributed by atoms with Crippen molar-refractivity contribution in [1.29, 1.82) is 0 Å². The number of pyridine rings is 2. The lowest BCUT2D eigenvalue weighted by Crippen LogP contribution is -2.16. The number of amides is 1. The number of aryl methyl sites for hydroxylation is 3. The average Bonchev–Trinajstić information content (AvgIpc) is 2.96. The molecule has 0 atom stereocenters. The third-order valence-electron chi connectivity index (χ3n) is 3.28. The highest BCUT2D eigenvalue weighted by Gasteiger charge is 2.15. The number of aromatic nitrogens is 3. The van der Waals surface area contributed by atoms with Crippen LogP contribution in [-0.4, -0.2) is 20.9 Å². The van der Waals surface area contributed by atoms with Crippen molar-refractivity contribution >= 4 is 33.8 Å². The monoisotopic (exact) mass is 339 g/mol. The molecule has 3 heterocycles.